The minimum Gasteiger partial charge on any atom is -0.507 e. The van der Waals surface area contributed by atoms with Crippen LogP contribution in [0, 0.1) is 0 Å². The highest BCUT2D eigenvalue weighted by molar-refractivity contribution is 5.98. The summed E-state index contributed by atoms with van der Waals surface area (Å²) in [5.41, 5.74) is 4.27. The number of fused-ring (bicyclic) bond motifs is 1. The molecule has 0 bridgehead atoms. The molecule has 0 atom stereocenters. The van der Waals surface area contributed by atoms with Crippen LogP contribution >= 0.6 is 0 Å². The zero-order valence-electron chi connectivity index (χ0n) is 17.1. The first-order valence-electron chi connectivity index (χ1n) is 9.84. The van der Waals surface area contributed by atoms with E-state index in [1.54, 1.807) is 18.1 Å². The van der Waals surface area contributed by atoms with E-state index in [1.807, 2.05) is 31.2 Å². The van der Waals surface area contributed by atoms with Gasteiger partial charge in [-0.2, -0.15) is 0 Å². The van der Waals surface area contributed by atoms with E-state index in [-0.39, 0.29) is 24.4 Å². The van der Waals surface area contributed by atoms with Crippen molar-refractivity contribution >= 4 is 5.91 Å². The molecule has 2 aromatic carbocycles. The number of amides is 1. The van der Waals surface area contributed by atoms with Gasteiger partial charge in [0.25, 0.3) is 5.91 Å². The van der Waals surface area contributed by atoms with Gasteiger partial charge in [-0.1, -0.05) is 51.5 Å². The number of hydrogen-bond acceptors (Lipinski definition) is 4. The molecule has 1 N–H and O–H groups in total. The van der Waals surface area contributed by atoms with E-state index >= 15 is 0 Å². The number of carbonyl (C=O) groups excluding carboxylic acids is 1. The lowest BCUT2D eigenvalue weighted by Gasteiger charge is -2.23. The van der Waals surface area contributed by atoms with Crippen LogP contribution in [0.1, 0.15) is 65.7 Å². The van der Waals surface area contributed by atoms with E-state index in [1.165, 1.54) is 0 Å². The van der Waals surface area contributed by atoms with Crippen LogP contribution in [-0.4, -0.2) is 29.8 Å². The molecule has 1 aliphatic heterocycles. The van der Waals surface area contributed by atoms with Crippen molar-refractivity contribution in [1.29, 1.82) is 0 Å². The van der Waals surface area contributed by atoms with E-state index in [9.17, 15) is 9.90 Å². The van der Waals surface area contributed by atoms with Crippen molar-refractivity contribution in [3.63, 3.8) is 0 Å². The number of carbonyl (C=O) groups is 1. The summed E-state index contributed by atoms with van der Waals surface area (Å²) in [6.45, 7) is 7.39. The Morgan fingerprint density at radius 3 is 2.39 bits per heavy atom. The van der Waals surface area contributed by atoms with Gasteiger partial charge in [-0.3, -0.25) is 4.79 Å². The van der Waals surface area contributed by atoms with Crippen LogP contribution in [0.25, 0.3) is 0 Å². The van der Waals surface area contributed by atoms with E-state index in [0.717, 1.165) is 23.1 Å². The number of nitrogens with zero attached hydrogens (tertiary/aromatic N) is 1. The summed E-state index contributed by atoms with van der Waals surface area (Å²) in [6, 6.07) is 9.86. The molecule has 0 radical (unpaired) electrons. The first-order valence-corrected chi connectivity index (χ1v) is 9.84. The number of aromatic hydroxyl groups is 1. The van der Waals surface area contributed by atoms with E-state index in [4.69, 9.17) is 9.47 Å². The van der Waals surface area contributed by atoms with Gasteiger partial charge in [0.05, 0.1) is 5.56 Å². The van der Waals surface area contributed by atoms with Crippen LogP contribution in [0.4, 0.5) is 0 Å². The van der Waals surface area contributed by atoms with Crippen LogP contribution in [0.2, 0.25) is 0 Å². The second-order valence-electron chi connectivity index (χ2n) is 7.56. The van der Waals surface area contributed by atoms with Gasteiger partial charge in [-0.25, -0.2) is 0 Å². The highest BCUT2D eigenvalue weighted by Gasteiger charge is 2.29. The molecule has 3 rings (SSSR count). The van der Waals surface area contributed by atoms with Gasteiger partial charge in [0.15, 0.2) is 6.79 Å². The second-order valence-corrected chi connectivity index (χ2v) is 7.56. The highest BCUT2D eigenvalue weighted by atomic mass is 16.7. The van der Waals surface area contributed by atoms with Crippen LogP contribution in [0.3, 0.4) is 0 Å². The average molecular weight is 383 g/mol. The average Bonchev–Trinajstić information content (AvgIpc) is 3.12. The van der Waals surface area contributed by atoms with Gasteiger partial charge in [-0.05, 0) is 35.1 Å². The van der Waals surface area contributed by atoms with Crippen molar-refractivity contribution in [1.82, 2.24) is 4.90 Å². The lowest BCUT2D eigenvalue weighted by Crippen LogP contribution is -2.26. The summed E-state index contributed by atoms with van der Waals surface area (Å²) in [5.74, 6) is 0.660. The van der Waals surface area contributed by atoms with Crippen molar-refractivity contribution in [3.8, 4) is 11.5 Å². The first kappa shape index (κ1) is 20.2. The van der Waals surface area contributed by atoms with Gasteiger partial charge in [0.1, 0.15) is 11.5 Å². The van der Waals surface area contributed by atoms with Gasteiger partial charge in [0, 0.05) is 25.8 Å². The Balaban J connectivity index is 2.02. The number of phenolic OH excluding ortho intramolecular Hbond substituents is 1. The topological polar surface area (TPSA) is 59.0 Å². The largest absolute Gasteiger partial charge is 0.507 e. The Morgan fingerprint density at radius 2 is 1.86 bits per heavy atom. The van der Waals surface area contributed by atoms with Crippen molar-refractivity contribution in [3.05, 3.63) is 58.1 Å². The number of benzene rings is 2. The summed E-state index contributed by atoms with van der Waals surface area (Å²) in [7, 11) is 1.57. The summed E-state index contributed by atoms with van der Waals surface area (Å²) in [6.07, 6.45) is 1.47. The maximum atomic E-state index is 13.3. The Hall–Kier alpha value is -2.53. The lowest BCUT2D eigenvalue weighted by atomic mass is 9.92. The summed E-state index contributed by atoms with van der Waals surface area (Å²) < 4.78 is 10.9. The fourth-order valence-corrected chi connectivity index (χ4v) is 3.74. The third-order valence-electron chi connectivity index (χ3n) is 5.18. The predicted octanol–water partition coefficient (Wildman–Crippen LogP) is 4.61. The number of rotatable bonds is 7. The molecule has 0 aromatic heterocycles. The smallest absolute Gasteiger partial charge is 0.258 e. The molecule has 28 heavy (non-hydrogen) atoms. The van der Waals surface area contributed by atoms with Crippen LogP contribution in [0.5, 0.6) is 11.5 Å². The SMILES string of the molecule is CCCc1c(O)c(C(=O)N2Cc3ccccc3C2)cc(C(C)C)c1OCOC. The summed E-state index contributed by atoms with van der Waals surface area (Å²) >= 11 is 0. The molecule has 1 heterocycles. The molecule has 5 heteroatoms. The molecule has 0 unspecified atom stereocenters. The molecule has 0 saturated heterocycles. The number of phenols is 1. The molecule has 1 aliphatic rings. The molecule has 0 spiro atoms. The quantitative estimate of drug-likeness (QED) is 0.710. The number of ether oxygens (including phenoxy) is 2. The van der Waals surface area contributed by atoms with Crippen molar-refractivity contribution in [2.75, 3.05) is 13.9 Å². The Labute approximate surface area is 166 Å². The van der Waals surface area contributed by atoms with Crippen LogP contribution in [0.15, 0.2) is 30.3 Å². The van der Waals surface area contributed by atoms with Gasteiger partial charge < -0.3 is 19.5 Å². The van der Waals surface area contributed by atoms with E-state index in [0.29, 0.717) is 36.4 Å². The second kappa shape index (κ2) is 8.65. The molecule has 0 aliphatic carbocycles. The van der Waals surface area contributed by atoms with Crippen molar-refractivity contribution < 1.29 is 19.4 Å². The maximum Gasteiger partial charge on any atom is 0.258 e. The Kier molecular flexibility index (Phi) is 6.25. The molecular weight excluding hydrogens is 354 g/mol. The van der Waals surface area contributed by atoms with E-state index in [2.05, 4.69) is 13.8 Å². The maximum absolute atomic E-state index is 13.3. The highest BCUT2D eigenvalue weighted by Crippen LogP contribution is 2.40. The van der Waals surface area contributed by atoms with Gasteiger partial charge in [-0.15, -0.1) is 0 Å². The fraction of sp³-hybridized carbons (Fsp3) is 0.435. The number of hydrogen-bond donors (Lipinski definition) is 1. The molecular formula is C23H29NO4. The zero-order valence-corrected chi connectivity index (χ0v) is 17.1. The van der Waals surface area contributed by atoms with Crippen molar-refractivity contribution in [2.24, 2.45) is 0 Å². The molecule has 0 saturated carbocycles. The zero-order chi connectivity index (χ0) is 20.3. The molecule has 1 amide bonds. The van der Waals surface area contributed by atoms with E-state index < -0.39 is 0 Å². The predicted molar refractivity (Wildman–Crippen MR) is 109 cm³/mol. The third kappa shape index (κ3) is 3.85. The molecule has 2 aromatic rings. The first-order chi connectivity index (χ1) is 13.5. The van der Waals surface area contributed by atoms with Crippen LogP contribution in [-0.2, 0) is 24.2 Å². The number of methoxy groups -OCH3 is 1. The minimum absolute atomic E-state index is 0.0262. The Morgan fingerprint density at radius 1 is 1.21 bits per heavy atom. The lowest BCUT2D eigenvalue weighted by molar-refractivity contribution is 0.0493. The van der Waals surface area contributed by atoms with Gasteiger partial charge >= 0.3 is 0 Å². The normalized spacial score (nSPS) is 13.1. The molecule has 5 nitrogen and oxygen atoms in total. The molecule has 0 fully saturated rings. The Bertz CT molecular complexity index is 835. The van der Waals surface area contributed by atoms with Gasteiger partial charge in [0.2, 0.25) is 0 Å². The standard InChI is InChI=1S/C23H29NO4/c1-5-8-18-21(25)20(11-19(15(2)3)22(18)28-14-27-4)23(26)24-12-16-9-6-7-10-17(16)13-24/h6-7,9-11,15,25H,5,8,12-14H2,1-4H3. The fourth-order valence-electron chi connectivity index (χ4n) is 3.74. The summed E-state index contributed by atoms with van der Waals surface area (Å²) in [4.78, 5) is 15.1. The monoisotopic (exact) mass is 383 g/mol. The van der Waals surface area contributed by atoms with Crippen molar-refractivity contribution in [2.45, 2.75) is 52.6 Å². The van der Waals surface area contributed by atoms with Crippen LogP contribution < -0.4 is 4.74 Å². The third-order valence-corrected chi connectivity index (χ3v) is 5.18. The molecule has 150 valence electrons. The minimum atomic E-state index is -0.147. The summed E-state index contributed by atoms with van der Waals surface area (Å²) in [5, 5.41) is 11.0.